The quantitative estimate of drug-likeness (QED) is 0.711. The molecule has 0 radical (unpaired) electrons. The van der Waals surface area contributed by atoms with Crippen molar-refractivity contribution in [2.24, 2.45) is 0 Å². The van der Waals surface area contributed by atoms with Gasteiger partial charge in [-0.2, -0.15) is 4.98 Å². The molecule has 0 aliphatic heterocycles. The topological polar surface area (TPSA) is 84.7 Å². The molecule has 1 rings (SSSR count). The third kappa shape index (κ3) is 2.30. The normalized spacial score (nSPS) is 13.1. The van der Waals surface area contributed by atoms with Crippen molar-refractivity contribution in [3.05, 3.63) is 0 Å². The van der Waals surface area contributed by atoms with Crippen LogP contribution < -0.4 is 5.73 Å². The summed E-state index contributed by atoms with van der Waals surface area (Å²) in [6.45, 7) is 2.05. The molecule has 0 aromatic carbocycles. The molecule has 0 saturated heterocycles. The average molecular weight is 188 g/mol. The van der Waals surface area contributed by atoms with Crippen LogP contribution in [-0.2, 0) is 10.8 Å². The van der Waals surface area contributed by atoms with Crippen LogP contribution in [0.4, 0.5) is 5.95 Å². The summed E-state index contributed by atoms with van der Waals surface area (Å²) in [5.74, 6) is 0.764. The molecule has 1 heterocycles. The van der Waals surface area contributed by atoms with E-state index >= 15 is 0 Å². The predicted octanol–water partition coefficient (Wildman–Crippen LogP) is 0.295. The third-order valence-corrected chi connectivity index (χ3v) is 2.65. The summed E-state index contributed by atoms with van der Waals surface area (Å²) in [6.07, 6.45) is 1.95. The lowest BCUT2D eigenvalue weighted by Gasteiger charge is -1.93. The molecule has 0 fully saturated rings. The summed E-state index contributed by atoms with van der Waals surface area (Å²) in [4.78, 5) is 3.77. The van der Waals surface area contributed by atoms with Gasteiger partial charge in [-0.15, -0.1) is 5.10 Å². The number of unbranched alkanes of at least 4 members (excludes halogenated alkanes) is 1. The number of hydrogen-bond acceptors (Lipinski definition) is 4. The van der Waals surface area contributed by atoms with Crippen LogP contribution >= 0.6 is 0 Å². The van der Waals surface area contributed by atoms with Gasteiger partial charge in [-0.1, -0.05) is 13.3 Å². The lowest BCUT2D eigenvalue weighted by atomic mass is 10.4. The highest BCUT2D eigenvalue weighted by molar-refractivity contribution is 7.84. The standard InChI is InChI=1S/C6H12N4OS/c1-2-3-4-12(11)6-8-5(7)9-10-6/h2-4H2,1H3,(H3,7,8,9,10). The number of nitrogens with zero attached hydrogens (tertiary/aromatic N) is 2. The molecule has 0 spiro atoms. The zero-order valence-corrected chi connectivity index (χ0v) is 7.73. The van der Waals surface area contributed by atoms with Gasteiger partial charge < -0.3 is 5.73 Å². The van der Waals surface area contributed by atoms with E-state index in [4.69, 9.17) is 5.73 Å². The van der Waals surface area contributed by atoms with Crippen LogP contribution in [0.2, 0.25) is 0 Å². The number of aromatic amines is 1. The van der Waals surface area contributed by atoms with Gasteiger partial charge in [0.25, 0.3) is 0 Å². The summed E-state index contributed by atoms with van der Waals surface area (Å²) in [6, 6.07) is 0. The third-order valence-electron chi connectivity index (χ3n) is 1.38. The molecule has 0 bridgehead atoms. The largest absolute Gasteiger partial charge is 0.366 e. The number of anilines is 1. The van der Waals surface area contributed by atoms with Crippen molar-refractivity contribution in [3.8, 4) is 0 Å². The van der Waals surface area contributed by atoms with Crippen LogP contribution in [0.15, 0.2) is 5.16 Å². The molecule has 3 N–H and O–H groups in total. The summed E-state index contributed by atoms with van der Waals surface area (Å²) in [5.41, 5.74) is 5.26. The van der Waals surface area contributed by atoms with Gasteiger partial charge in [0.05, 0.1) is 10.8 Å². The predicted molar refractivity (Wildman–Crippen MR) is 47.0 cm³/mol. The molecule has 1 aromatic heterocycles. The molecule has 0 aliphatic rings. The van der Waals surface area contributed by atoms with Gasteiger partial charge in [-0.3, -0.25) is 9.31 Å². The lowest BCUT2D eigenvalue weighted by molar-refractivity contribution is 0.672. The van der Waals surface area contributed by atoms with E-state index in [2.05, 4.69) is 15.2 Å². The summed E-state index contributed by atoms with van der Waals surface area (Å²) < 4.78 is 11.3. The molecule has 6 heteroatoms. The van der Waals surface area contributed by atoms with Crippen LogP contribution in [-0.4, -0.2) is 25.1 Å². The average Bonchev–Trinajstić information content (AvgIpc) is 2.47. The second kappa shape index (κ2) is 4.20. The van der Waals surface area contributed by atoms with E-state index in [0.717, 1.165) is 12.8 Å². The first-order valence-electron chi connectivity index (χ1n) is 3.80. The Morgan fingerprint density at radius 3 is 2.92 bits per heavy atom. The summed E-state index contributed by atoms with van der Waals surface area (Å²) in [5, 5.41) is 6.50. The van der Waals surface area contributed by atoms with Gasteiger partial charge in [-0.05, 0) is 6.42 Å². The second-order valence-electron chi connectivity index (χ2n) is 2.40. The Hall–Kier alpha value is -0.910. The molecule has 68 valence electrons. The summed E-state index contributed by atoms with van der Waals surface area (Å²) in [7, 11) is -1.07. The van der Waals surface area contributed by atoms with Crippen molar-refractivity contribution in [2.45, 2.75) is 24.9 Å². The fourth-order valence-corrected chi connectivity index (χ4v) is 1.82. The molecule has 0 saturated carbocycles. The first-order chi connectivity index (χ1) is 5.74. The van der Waals surface area contributed by atoms with Crippen molar-refractivity contribution in [3.63, 3.8) is 0 Å². The van der Waals surface area contributed by atoms with E-state index in [0.29, 0.717) is 10.9 Å². The van der Waals surface area contributed by atoms with Crippen LogP contribution in [0.3, 0.4) is 0 Å². The smallest absolute Gasteiger partial charge is 0.240 e. The molecule has 1 atom stereocenters. The van der Waals surface area contributed by atoms with Crippen LogP contribution in [0.25, 0.3) is 0 Å². The van der Waals surface area contributed by atoms with Crippen LogP contribution in [0.1, 0.15) is 19.8 Å². The van der Waals surface area contributed by atoms with E-state index in [-0.39, 0.29) is 5.95 Å². The van der Waals surface area contributed by atoms with Gasteiger partial charge >= 0.3 is 0 Å². The molecule has 12 heavy (non-hydrogen) atoms. The van der Waals surface area contributed by atoms with Gasteiger partial charge in [0.2, 0.25) is 11.1 Å². The maximum Gasteiger partial charge on any atom is 0.240 e. The number of nitrogen functional groups attached to an aromatic ring is 1. The Labute approximate surface area is 73.2 Å². The molecule has 0 aliphatic carbocycles. The first-order valence-corrected chi connectivity index (χ1v) is 5.12. The van der Waals surface area contributed by atoms with Crippen molar-refractivity contribution < 1.29 is 4.21 Å². The minimum Gasteiger partial charge on any atom is -0.366 e. The Morgan fingerprint density at radius 2 is 2.42 bits per heavy atom. The fourth-order valence-electron chi connectivity index (χ4n) is 0.733. The number of nitrogens with one attached hydrogen (secondary N) is 1. The fraction of sp³-hybridized carbons (Fsp3) is 0.667. The highest BCUT2D eigenvalue weighted by Crippen LogP contribution is 2.02. The van der Waals surface area contributed by atoms with Crippen LogP contribution in [0.5, 0.6) is 0 Å². The maximum atomic E-state index is 11.3. The molecular weight excluding hydrogens is 176 g/mol. The van der Waals surface area contributed by atoms with E-state index in [1.54, 1.807) is 0 Å². The second-order valence-corrected chi connectivity index (χ2v) is 3.89. The highest BCUT2D eigenvalue weighted by Gasteiger charge is 2.07. The number of H-pyrrole nitrogens is 1. The zero-order chi connectivity index (χ0) is 8.97. The Balaban J connectivity index is 2.53. The van der Waals surface area contributed by atoms with Gasteiger partial charge in [0, 0.05) is 5.75 Å². The van der Waals surface area contributed by atoms with Gasteiger partial charge in [0.1, 0.15) is 0 Å². The minimum absolute atomic E-state index is 0.148. The first kappa shape index (κ1) is 9.18. The van der Waals surface area contributed by atoms with E-state index in [9.17, 15) is 4.21 Å². The Kier molecular flexibility index (Phi) is 3.21. The number of hydrogen-bond donors (Lipinski definition) is 2. The Morgan fingerprint density at radius 1 is 1.67 bits per heavy atom. The lowest BCUT2D eigenvalue weighted by Crippen LogP contribution is -1.99. The Bertz CT molecular complexity index is 272. The number of rotatable bonds is 4. The van der Waals surface area contributed by atoms with E-state index in [1.807, 2.05) is 6.92 Å². The molecule has 1 unspecified atom stereocenters. The molecular formula is C6H12N4OS. The van der Waals surface area contributed by atoms with Crippen LogP contribution in [0, 0.1) is 0 Å². The SMILES string of the molecule is CCCCS(=O)c1nc(N)n[nH]1. The van der Waals surface area contributed by atoms with Gasteiger partial charge in [0.15, 0.2) is 0 Å². The molecule has 0 amide bonds. The number of aromatic nitrogens is 3. The minimum atomic E-state index is -1.07. The van der Waals surface area contributed by atoms with Crippen molar-refractivity contribution in [2.75, 3.05) is 11.5 Å². The van der Waals surface area contributed by atoms with Crippen molar-refractivity contribution >= 4 is 16.7 Å². The van der Waals surface area contributed by atoms with E-state index in [1.165, 1.54) is 0 Å². The zero-order valence-electron chi connectivity index (χ0n) is 6.91. The van der Waals surface area contributed by atoms with Crippen molar-refractivity contribution in [1.82, 2.24) is 15.2 Å². The molecule has 1 aromatic rings. The molecule has 5 nitrogen and oxygen atoms in total. The van der Waals surface area contributed by atoms with Gasteiger partial charge in [-0.25, -0.2) is 0 Å². The van der Waals surface area contributed by atoms with Crippen molar-refractivity contribution in [1.29, 1.82) is 0 Å². The highest BCUT2D eigenvalue weighted by atomic mass is 32.2. The summed E-state index contributed by atoms with van der Waals surface area (Å²) >= 11 is 0. The number of nitrogens with two attached hydrogens (primary N) is 1. The monoisotopic (exact) mass is 188 g/mol. The van der Waals surface area contributed by atoms with E-state index < -0.39 is 10.8 Å². The maximum absolute atomic E-state index is 11.3.